The number of amides is 1. The number of carbonyl (C=O) groups is 1. The SMILES string of the molecule is CCCCC(CCCC)/C(C(N)=O)=C(\N)CCC. The number of carbonyl (C=O) groups excluding carboxylic acids is 1. The van der Waals surface area contributed by atoms with Gasteiger partial charge in [0.1, 0.15) is 0 Å². The van der Waals surface area contributed by atoms with Gasteiger partial charge in [0, 0.05) is 11.3 Å². The smallest absolute Gasteiger partial charge is 0.246 e. The summed E-state index contributed by atoms with van der Waals surface area (Å²) >= 11 is 0. The Labute approximate surface area is 112 Å². The maximum atomic E-state index is 11.7. The fraction of sp³-hybridized carbons (Fsp3) is 0.800. The Bertz CT molecular complexity index is 264. The van der Waals surface area contributed by atoms with Gasteiger partial charge >= 0.3 is 0 Å². The van der Waals surface area contributed by atoms with E-state index >= 15 is 0 Å². The quantitative estimate of drug-likeness (QED) is 0.586. The minimum absolute atomic E-state index is 0.258. The molecule has 0 saturated carbocycles. The molecule has 0 aromatic heterocycles. The molecule has 0 bridgehead atoms. The highest BCUT2D eigenvalue weighted by molar-refractivity contribution is 5.93. The maximum absolute atomic E-state index is 11.7. The number of allylic oxidation sites excluding steroid dienone is 1. The summed E-state index contributed by atoms with van der Waals surface area (Å²) in [6.45, 7) is 6.40. The number of rotatable bonds is 10. The van der Waals surface area contributed by atoms with Crippen LogP contribution in [0.2, 0.25) is 0 Å². The molecule has 0 spiro atoms. The van der Waals surface area contributed by atoms with Gasteiger partial charge in [-0.2, -0.15) is 0 Å². The zero-order valence-electron chi connectivity index (χ0n) is 12.3. The predicted molar refractivity (Wildman–Crippen MR) is 77.9 cm³/mol. The number of hydrogen-bond donors (Lipinski definition) is 2. The van der Waals surface area contributed by atoms with Crippen molar-refractivity contribution in [1.82, 2.24) is 0 Å². The molecule has 0 rings (SSSR count). The van der Waals surface area contributed by atoms with Crippen LogP contribution in [0.1, 0.15) is 72.1 Å². The van der Waals surface area contributed by atoms with Crippen LogP contribution in [-0.2, 0) is 4.79 Å². The molecule has 0 saturated heterocycles. The Hall–Kier alpha value is -0.990. The van der Waals surface area contributed by atoms with Crippen molar-refractivity contribution in [1.29, 1.82) is 0 Å². The number of hydrogen-bond acceptors (Lipinski definition) is 2. The molecule has 0 radical (unpaired) electrons. The van der Waals surface area contributed by atoms with Crippen molar-refractivity contribution in [3.63, 3.8) is 0 Å². The Morgan fingerprint density at radius 1 is 0.944 bits per heavy atom. The van der Waals surface area contributed by atoms with Gasteiger partial charge in [-0.15, -0.1) is 0 Å². The first kappa shape index (κ1) is 17.0. The van der Waals surface area contributed by atoms with Crippen LogP contribution >= 0.6 is 0 Å². The molecule has 0 aliphatic rings. The van der Waals surface area contributed by atoms with Gasteiger partial charge in [-0.25, -0.2) is 0 Å². The molecule has 0 aromatic rings. The zero-order chi connectivity index (χ0) is 14.0. The van der Waals surface area contributed by atoms with E-state index in [1.165, 1.54) is 0 Å². The Morgan fingerprint density at radius 2 is 1.44 bits per heavy atom. The fourth-order valence-electron chi connectivity index (χ4n) is 2.36. The van der Waals surface area contributed by atoms with Crippen LogP contribution in [0.25, 0.3) is 0 Å². The van der Waals surface area contributed by atoms with Crippen LogP contribution in [-0.4, -0.2) is 5.91 Å². The van der Waals surface area contributed by atoms with Gasteiger partial charge in [0.25, 0.3) is 0 Å². The summed E-state index contributed by atoms with van der Waals surface area (Å²) in [6, 6.07) is 0. The molecular weight excluding hydrogens is 224 g/mol. The van der Waals surface area contributed by atoms with Gasteiger partial charge in [-0.05, 0) is 25.2 Å². The highest BCUT2D eigenvalue weighted by Gasteiger charge is 2.21. The monoisotopic (exact) mass is 254 g/mol. The van der Waals surface area contributed by atoms with Crippen LogP contribution in [0.15, 0.2) is 11.3 Å². The Balaban J connectivity index is 4.95. The summed E-state index contributed by atoms with van der Waals surface area (Å²) in [4.78, 5) is 11.7. The van der Waals surface area contributed by atoms with Crippen LogP contribution in [0.4, 0.5) is 0 Å². The molecular formula is C15H30N2O. The van der Waals surface area contributed by atoms with Gasteiger partial charge in [0.05, 0.1) is 0 Å². The van der Waals surface area contributed by atoms with Crippen molar-refractivity contribution in [3.05, 3.63) is 11.3 Å². The zero-order valence-corrected chi connectivity index (χ0v) is 12.3. The summed E-state index contributed by atoms with van der Waals surface area (Å²) in [5.41, 5.74) is 13.0. The molecule has 0 heterocycles. The second-order valence-corrected chi connectivity index (χ2v) is 5.03. The molecule has 0 aliphatic carbocycles. The maximum Gasteiger partial charge on any atom is 0.246 e. The van der Waals surface area contributed by atoms with E-state index in [1.807, 2.05) is 0 Å². The summed E-state index contributed by atoms with van der Waals surface area (Å²) in [7, 11) is 0. The van der Waals surface area contributed by atoms with Crippen molar-refractivity contribution >= 4 is 5.91 Å². The third kappa shape index (κ3) is 6.08. The first-order valence-electron chi connectivity index (χ1n) is 7.36. The van der Waals surface area contributed by atoms with Gasteiger partial charge < -0.3 is 11.5 Å². The van der Waals surface area contributed by atoms with Gasteiger partial charge in [-0.3, -0.25) is 4.79 Å². The lowest BCUT2D eigenvalue weighted by Crippen LogP contribution is -2.25. The van der Waals surface area contributed by atoms with E-state index in [4.69, 9.17) is 11.5 Å². The standard InChI is InChI=1S/C15H30N2O/c1-4-7-10-12(11-8-5-2)14(15(17)18)13(16)9-6-3/h12H,4-11,16H2,1-3H3,(H2,17,18)/b14-13+. The van der Waals surface area contributed by atoms with Gasteiger partial charge in [0.15, 0.2) is 0 Å². The minimum atomic E-state index is -0.321. The lowest BCUT2D eigenvalue weighted by molar-refractivity contribution is -0.115. The molecule has 1 amide bonds. The number of primary amides is 1. The van der Waals surface area contributed by atoms with Crippen molar-refractivity contribution in [2.75, 3.05) is 0 Å². The highest BCUT2D eigenvalue weighted by atomic mass is 16.1. The normalized spacial score (nSPS) is 12.7. The predicted octanol–water partition coefficient (Wildman–Crippen LogP) is 3.48. The summed E-state index contributed by atoms with van der Waals surface area (Å²) in [5.74, 6) is -0.0629. The molecule has 3 heteroatoms. The van der Waals surface area contributed by atoms with Crippen molar-refractivity contribution in [2.45, 2.75) is 72.1 Å². The molecule has 4 N–H and O–H groups in total. The number of nitrogens with two attached hydrogens (primary N) is 2. The fourth-order valence-corrected chi connectivity index (χ4v) is 2.36. The second-order valence-electron chi connectivity index (χ2n) is 5.03. The van der Waals surface area contributed by atoms with E-state index in [9.17, 15) is 4.79 Å². The van der Waals surface area contributed by atoms with Crippen molar-refractivity contribution in [3.8, 4) is 0 Å². The number of unbranched alkanes of at least 4 members (excludes halogenated alkanes) is 2. The van der Waals surface area contributed by atoms with Crippen LogP contribution < -0.4 is 11.5 Å². The Morgan fingerprint density at radius 3 is 1.78 bits per heavy atom. The third-order valence-corrected chi connectivity index (χ3v) is 3.35. The average Bonchev–Trinajstić information content (AvgIpc) is 2.32. The molecule has 106 valence electrons. The molecule has 0 aromatic carbocycles. The molecule has 0 fully saturated rings. The van der Waals surface area contributed by atoms with E-state index in [1.54, 1.807) is 0 Å². The second kappa shape index (κ2) is 9.98. The molecule has 0 unspecified atom stereocenters. The highest BCUT2D eigenvalue weighted by Crippen LogP contribution is 2.26. The lowest BCUT2D eigenvalue weighted by Gasteiger charge is -2.20. The van der Waals surface area contributed by atoms with Crippen molar-refractivity contribution in [2.24, 2.45) is 17.4 Å². The first-order valence-corrected chi connectivity index (χ1v) is 7.36. The average molecular weight is 254 g/mol. The molecule has 3 nitrogen and oxygen atoms in total. The topological polar surface area (TPSA) is 69.1 Å². The van der Waals surface area contributed by atoms with E-state index in [2.05, 4.69) is 20.8 Å². The van der Waals surface area contributed by atoms with E-state index < -0.39 is 0 Å². The van der Waals surface area contributed by atoms with Crippen LogP contribution in [0.5, 0.6) is 0 Å². The van der Waals surface area contributed by atoms with E-state index in [0.29, 0.717) is 11.3 Å². The van der Waals surface area contributed by atoms with E-state index in [0.717, 1.165) is 51.4 Å². The van der Waals surface area contributed by atoms with Crippen LogP contribution in [0, 0.1) is 5.92 Å². The van der Waals surface area contributed by atoms with Gasteiger partial charge in [-0.1, -0.05) is 52.9 Å². The molecule has 18 heavy (non-hydrogen) atoms. The Kier molecular flexibility index (Phi) is 9.43. The minimum Gasteiger partial charge on any atom is -0.402 e. The van der Waals surface area contributed by atoms with Crippen LogP contribution in [0.3, 0.4) is 0 Å². The summed E-state index contributed by atoms with van der Waals surface area (Å²) in [5, 5.41) is 0. The molecule has 0 atom stereocenters. The summed E-state index contributed by atoms with van der Waals surface area (Å²) in [6.07, 6.45) is 8.32. The lowest BCUT2D eigenvalue weighted by atomic mass is 9.86. The third-order valence-electron chi connectivity index (χ3n) is 3.35. The first-order chi connectivity index (χ1) is 8.58. The largest absolute Gasteiger partial charge is 0.402 e. The summed E-state index contributed by atoms with van der Waals surface area (Å²) < 4.78 is 0. The molecule has 0 aliphatic heterocycles. The van der Waals surface area contributed by atoms with E-state index in [-0.39, 0.29) is 11.8 Å². The van der Waals surface area contributed by atoms with Gasteiger partial charge in [0.2, 0.25) is 5.91 Å². The van der Waals surface area contributed by atoms with Crippen molar-refractivity contribution < 1.29 is 4.79 Å².